The molecule has 0 spiro atoms. The second-order valence-electron chi connectivity index (χ2n) is 13.4. The van der Waals surface area contributed by atoms with E-state index in [9.17, 15) is 4.79 Å². The second-order valence-corrected chi connectivity index (χ2v) is 13.4. The van der Waals surface area contributed by atoms with E-state index in [-0.39, 0.29) is 0 Å². The Balaban J connectivity index is 1.52. The predicted molar refractivity (Wildman–Crippen MR) is 146 cm³/mol. The highest BCUT2D eigenvalue weighted by Crippen LogP contribution is 2.49. The SMILES string of the molecule is CCCC1CCC(C(C(=O)C(C2CCCCC2)C2CCC(CCC)CC2)C2CCCCC2)CC1. The average Bonchev–Trinajstić information content (AvgIpc) is 2.88. The van der Waals surface area contributed by atoms with Crippen LogP contribution in [0, 0.1) is 47.3 Å². The van der Waals surface area contributed by atoms with Crippen LogP contribution >= 0.6 is 0 Å². The standard InChI is InChI=1S/C33H58O/c1-3-11-25-17-21-29(22-18-25)31(27-13-7-5-8-14-27)33(34)32(28-15-9-6-10-16-28)30-23-19-26(12-4-2)20-24-30/h25-32H,3-24H2,1-2H3. The van der Waals surface area contributed by atoms with Gasteiger partial charge in [0.1, 0.15) is 5.78 Å². The van der Waals surface area contributed by atoms with E-state index in [0.717, 1.165) is 29.5 Å². The molecule has 2 unspecified atom stereocenters. The molecule has 34 heavy (non-hydrogen) atoms. The largest absolute Gasteiger partial charge is 0.299 e. The van der Waals surface area contributed by atoms with Gasteiger partial charge in [-0.05, 0) is 86.9 Å². The molecule has 2 atom stereocenters. The van der Waals surface area contributed by atoms with E-state index in [0.29, 0.717) is 23.7 Å². The average molecular weight is 471 g/mol. The molecule has 0 amide bonds. The van der Waals surface area contributed by atoms with Crippen LogP contribution in [0.1, 0.15) is 155 Å². The van der Waals surface area contributed by atoms with Gasteiger partial charge in [0.15, 0.2) is 0 Å². The van der Waals surface area contributed by atoms with Crippen LogP contribution < -0.4 is 0 Å². The molecule has 0 N–H and O–H groups in total. The number of hydrogen-bond donors (Lipinski definition) is 0. The molecule has 0 aromatic heterocycles. The minimum Gasteiger partial charge on any atom is -0.299 e. The first-order valence-electron chi connectivity index (χ1n) is 16.2. The first kappa shape index (κ1) is 26.7. The van der Waals surface area contributed by atoms with E-state index in [1.165, 1.54) is 141 Å². The summed E-state index contributed by atoms with van der Waals surface area (Å²) in [7, 11) is 0. The molecule has 0 aliphatic heterocycles. The summed E-state index contributed by atoms with van der Waals surface area (Å²) in [4.78, 5) is 14.9. The van der Waals surface area contributed by atoms with Gasteiger partial charge >= 0.3 is 0 Å². The molecule has 1 nitrogen and oxygen atoms in total. The van der Waals surface area contributed by atoms with Gasteiger partial charge in [0.05, 0.1) is 0 Å². The third-order valence-corrected chi connectivity index (χ3v) is 11.2. The van der Waals surface area contributed by atoms with Gasteiger partial charge in [-0.3, -0.25) is 4.79 Å². The van der Waals surface area contributed by atoms with Crippen molar-refractivity contribution in [2.45, 2.75) is 155 Å². The third kappa shape index (κ3) is 6.91. The molecule has 4 saturated carbocycles. The normalized spacial score (nSPS) is 33.9. The van der Waals surface area contributed by atoms with Crippen molar-refractivity contribution in [3.05, 3.63) is 0 Å². The first-order valence-corrected chi connectivity index (χ1v) is 16.2. The number of hydrogen-bond acceptors (Lipinski definition) is 1. The fourth-order valence-corrected chi connectivity index (χ4v) is 9.40. The summed E-state index contributed by atoms with van der Waals surface area (Å²) in [6, 6.07) is 0. The second kappa shape index (κ2) is 13.8. The van der Waals surface area contributed by atoms with Crippen molar-refractivity contribution in [3.63, 3.8) is 0 Å². The quantitative estimate of drug-likeness (QED) is 0.310. The highest BCUT2D eigenvalue weighted by atomic mass is 16.1. The summed E-state index contributed by atoms with van der Waals surface area (Å²) in [5, 5.41) is 0. The topological polar surface area (TPSA) is 17.1 Å². The van der Waals surface area contributed by atoms with Gasteiger partial charge in [-0.2, -0.15) is 0 Å². The van der Waals surface area contributed by atoms with Gasteiger partial charge in [0.2, 0.25) is 0 Å². The maximum atomic E-state index is 14.9. The molecule has 0 radical (unpaired) electrons. The highest BCUT2D eigenvalue weighted by molar-refractivity contribution is 5.84. The lowest BCUT2D eigenvalue weighted by Crippen LogP contribution is -2.43. The molecule has 0 bridgehead atoms. The number of carbonyl (C=O) groups is 1. The van der Waals surface area contributed by atoms with Gasteiger partial charge in [0.25, 0.3) is 0 Å². The van der Waals surface area contributed by atoms with E-state index in [4.69, 9.17) is 0 Å². The zero-order valence-electron chi connectivity index (χ0n) is 23.1. The molecule has 0 aromatic rings. The minimum absolute atomic E-state index is 0.420. The maximum absolute atomic E-state index is 14.9. The van der Waals surface area contributed by atoms with Crippen LogP contribution in [0.5, 0.6) is 0 Å². The smallest absolute Gasteiger partial charge is 0.140 e. The number of ketones is 1. The summed E-state index contributed by atoms with van der Waals surface area (Å²) < 4.78 is 0. The Morgan fingerprint density at radius 1 is 0.500 bits per heavy atom. The van der Waals surface area contributed by atoms with E-state index in [1.54, 1.807) is 0 Å². The Labute approximate surface area is 213 Å². The predicted octanol–water partition coefficient (Wildman–Crippen LogP) is 10.2. The van der Waals surface area contributed by atoms with E-state index < -0.39 is 0 Å². The zero-order chi connectivity index (χ0) is 23.8. The first-order chi connectivity index (χ1) is 16.7. The summed E-state index contributed by atoms with van der Waals surface area (Å²) >= 11 is 0. The minimum atomic E-state index is 0.420. The Morgan fingerprint density at radius 2 is 0.824 bits per heavy atom. The fourth-order valence-electron chi connectivity index (χ4n) is 9.40. The van der Waals surface area contributed by atoms with Gasteiger partial charge in [-0.25, -0.2) is 0 Å². The van der Waals surface area contributed by atoms with Crippen LogP contribution in [0.4, 0.5) is 0 Å². The van der Waals surface area contributed by atoms with E-state index >= 15 is 0 Å². The van der Waals surface area contributed by atoms with Crippen molar-refractivity contribution in [2.24, 2.45) is 47.3 Å². The molecule has 196 valence electrons. The van der Waals surface area contributed by atoms with Crippen LogP contribution in [0.25, 0.3) is 0 Å². The molecule has 4 fully saturated rings. The van der Waals surface area contributed by atoms with Crippen LogP contribution in [-0.4, -0.2) is 5.78 Å². The van der Waals surface area contributed by atoms with Crippen molar-refractivity contribution >= 4 is 5.78 Å². The lowest BCUT2D eigenvalue weighted by molar-refractivity contribution is -0.137. The van der Waals surface area contributed by atoms with E-state index in [1.807, 2.05) is 0 Å². The van der Waals surface area contributed by atoms with Gasteiger partial charge in [0, 0.05) is 11.8 Å². The van der Waals surface area contributed by atoms with Crippen LogP contribution in [-0.2, 0) is 4.79 Å². The van der Waals surface area contributed by atoms with Crippen molar-refractivity contribution < 1.29 is 4.79 Å². The Morgan fingerprint density at radius 3 is 1.15 bits per heavy atom. The van der Waals surface area contributed by atoms with Gasteiger partial charge in [-0.1, -0.05) is 104 Å². The van der Waals surface area contributed by atoms with Crippen LogP contribution in [0.3, 0.4) is 0 Å². The molecule has 4 aliphatic carbocycles. The monoisotopic (exact) mass is 470 g/mol. The number of Topliss-reactive ketones (excluding diaryl/α,β-unsaturated/α-hetero) is 1. The molecule has 0 aromatic carbocycles. The summed E-state index contributed by atoms with van der Waals surface area (Å²) in [5.74, 6) is 6.42. The number of carbonyl (C=O) groups excluding carboxylic acids is 1. The summed E-state index contributed by atoms with van der Waals surface area (Å²) in [6.45, 7) is 4.70. The van der Waals surface area contributed by atoms with Gasteiger partial charge < -0.3 is 0 Å². The summed E-state index contributed by atoms with van der Waals surface area (Å²) in [6.07, 6.45) is 30.4. The van der Waals surface area contributed by atoms with Crippen LogP contribution in [0.15, 0.2) is 0 Å². The molecule has 0 heterocycles. The van der Waals surface area contributed by atoms with Crippen molar-refractivity contribution in [3.8, 4) is 0 Å². The maximum Gasteiger partial charge on any atom is 0.140 e. The van der Waals surface area contributed by atoms with Crippen molar-refractivity contribution in [1.29, 1.82) is 0 Å². The zero-order valence-corrected chi connectivity index (χ0v) is 23.1. The molecule has 0 saturated heterocycles. The van der Waals surface area contributed by atoms with Crippen molar-refractivity contribution in [2.75, 3.05) is 0 Å². The molecular weight excluding hydrogens is 412 g/mol. The van der Waals surface area contributed by atoms with Gasteiger partial charge in [-0.15, -0.1) is 0 Å². The molecule has 1 heteroatoms. The van der Waals surface area contributed by atoms with Crippen LogP contribution in [0.2, 0.25) is 0 Å². The molecule has 4 aliphatic rings. The number of rotatable bonds is 10. The highest BCUT2D eigenvalue weighted by Gasteiger charge is 2.45. The fraction of sp³-hybridized carbons (Fsp3) is 0.970. The Hall–Kier alpha value is -0.330. The van der Waals surface area contributed by atoms with E-state index in [2.05, 4.69) is 13.8 Å². The molecule has 4 rings (SSSR count). The molecular formula is C33H58O. The lowest BCUT2D eigenvalue weighted by Gasteiger charge is -2.44. The Bertz CT molecular complexity index is 517. The summed E-state index contributed by atoms with van der Waals surface area (Å²) in [5.41, 5.74) is 0. The Kier molecular flexibility index (Phi) is 10.9. The van der Waals surface area contributed by atoms with Crippen molar-refractivity contribution in [1.82, 2.24) is 0 Å². The lowest BCUT2D eigenvalue weighted by atomic mass is 9.59. The third-order valence-electron chi connectivity index (χ3n) is 11.2.